The standard InChI is InChI=1S/C18H18N4O2S/c1-12(18-20-17(21-24-18)15-4-3-11-25-15)19-13-6-8-14(9-7-13)22-10-2-5-16(22)23/h3-4,6-9,11-12,19H,2,5,10H2,1H3. The highest BCUT2D eigenvalue weighted by Gasteiger charge is 2.21. The molecule has 0 bridgehead atoms. The van der Waals surface area contributed by atoms with E-state index in [0.717, 1.165) is 29.2 Å². The van der Waals surface area contributed by atoms with Crippen molar-refractivity contribution >= 4 is 28.6 Å². The Balaban J connectivity index is 1.44. The molecule has 3 aromatic rings. The lowest BCUT2D eigenvalue weighted by molar-refractivity contribution is -0.117. The third-order valence-corrected chi connectivity index (χ3v) is 5.06. The number of thiophene rings is 1. The Morgan fingerprint density at radius 2 is 2.12 bits per heavy atom. The first kappa shape index (κ1) is 15.8. The van der Waals surface area contributed by atoms with E-state index in [0.29, 0.717) is 18.1 Å². The Morgan fingerprint density at radius 1 is 1.28 bits per heavy atom. The Labute approximate surface area is 149 Å². The summed E-state index contributed by atoms with van der Waals surface area (Å²) in [7, 11) is 0. The van der Waals surface area contributed by atoms with Gasteiger partial charge in [-0.15, -0.1) is 11.3 Å². The summed E-state index contributed by atoms with van der Waals surface area (Å²) in [6.45, 7) is 2.78. The van der Waals surface area contributed by atoms with Gasteiger partial charge in [-0.05, 0) is 49.1 Å². The second-order valence-corrected chi connectivity index (χ2v) is 6.94. The minimum atomic E-state index is -0.111. The van der Waals surface area contributed by atoms with Crippen molar-refractivity contribution in [3.63, 3.8) is 0 Å². The molecule has 1 unspecified atom stereocenters. The lowest BCUT2D eigenvalue weighted by Gasteiger charge is -2.17. The highest BCUT2D eigenvalue weighted by molar-refractivity contribution is 7.13. The van der Waals surface area contributed by atoms with Crippen molar-refractivity contribution in [1.82, 2.24) is 10.1 Å². The molecule has 1 aliphatic heterocycles. The molecule has 2 aromatic heterocycles. The monoisotopic (exact) mass is 354 g/mol. The second-order valence-electron chi connectivity index (χ2n) is 6.00. The van der Waals surface area contributed by atoms with Crippen LogP contribution in [0.15, 0.2) is 46.3 Å². The predicted molar refractivity (Wildman–Crippen MR) is 97.7 cm³/mol. The van der Waals surface area contributed by atoms with Crippen LogP contribution in [0.4, 0.5) is 11.4 Å². The minimum Gasteiger partial charge on any atom is -0.374 e. The number of hydrogen-bond acceptors (Lipinski definition) is 6. The van der Waals surface area contributed by atoms with Gasteiger partial charge in [-0.1, -0.05) is 11.2 Å². The Bertz CT molecular complexity index is 858. The maximum atomic E-state index is 11.8. The quantitative estimate of drug-likeness (QED) is 0.747. The van der Waals surface area contributed by atoms with E-state index in [9.17, 15) is 4.79 Å². The summed E-state index contributed by atoms with van der Waals surface area (Å²) in [5.74, 6) is 1.35. The van der Waals surface area contributed by atoms with Crippen LogP contribution >= 0.6 is 11.3 Å². The predicted octanol–water partition coefficient (Wildman–Crippen LogP) is 4.10. The van der Waals surface area contributed by atoms with Crippen LogP contribution in [0.25, 0.3) is 10.7 Å². The average molecular weight is 354 g/mol. The highest BCUT2D eigenvalue weighted by Crippen LogP contribution is 2.26. The molecule has 1 amide bonds. The zero-order chi connectivity index (χ0) is 17.2. The zero-order valence-electron chi connectivity index (χ0n) is 13.8. The molecule has 3 heterocycles. The Kier molecular flexibility index (Phi) is 4.23. The number of rotatable bonds is 5. The minimum absolute atomic E-state index is 0.111. The van der Waals surface area contributed by atoms with E-state index in [4.69, 9.17) is 4.52 Å². The number of carbonyl (C=O) groups excluding carboxylic acids is 1. The summed E-state index contributed by atoms with van der Waals surface area (Å²) < 4.78 is 5.37. The summed E-state index contributed by atoms with van der Waals surface area (Å²) in [6.07, 6.45) is 1.57. The molecule has 1 saturated heterocycles. The van der Waals surface area contributed by atoms with Gasteiger partial charge in [0.25, 0.3) is 0 Å². The van der Waals surface area contributed by atoms with Crippen molar-refractivity contribution in [3.8, 4) is 10.7 Å². The van der Waals surface area contributed by atoms with Crippen LogP contribution in [0.2, 0.25) is 0 Å². The second kappa shape index (κ2) is 6.68. The van der Waals surface area contributed by atoms with Gasteiger partial charge in [-0.25, -0.2) is 0 Å². The first-order chi connectivity index (χ1) is 12.2. The molecule has 0 saturated carbocycles. The van der Waals surface area contributed by atoms with E-state index < -0.39 is 0 Å². The number of nitrogens with zero attached hydrogens (tertiary/aromatic N) is 3. The van der Waals surface area contributed by atoms with Gasteiger partial charge in [0.05, 0.1) is 4.88 Å². The number of hydrogen-bond donors (Lipinski definition) is 1. The van der Waals surface area contributed by atoms with Crippen LogP contribution in [-0.2, 0) is 4.79 Å². The number of aromatic nitrogens is 2. The summed E-state index contributed by atoms with van der Waals surface area (Å²) in [5, 5.41) is 9.37. The SMILES string of the molecule is CC(Nc1ccc(N2CCCC2=O)cc1)c1nc(-c2cccs2)no1. The average Bonchev–Trinajstić information content (AvgIpc) is 3.36. The fraction of sp³-hybridized carbons (Fsp3) is 0.278. The van der Waals surface area contributed by atoms with Gasteiger partial charge in [0, 0.05) is 24.3 Å². The van der Waals surface area contributed by atoms with Crippen molar-refractivity contribution in [2.75, 3.05) is 16.8 Å². The topological polar surface area (TPSA) is 71.3 Å². The lowest BCUT2D eigenvalue weighted by atomic mass is 10.2. The van der Waals surface area contributed by atoms with Gasteiger partial charge in [-0.3, -0.25) is 4.79 Å². The summed E-state index contributed by atoms with van der Waals surface area (Å²) in [5.41, 5.74) is 1.89. The smallest absolute Gasteiger partial charge is 0.249 e. The summed E-state index contributed by atoms with van der Waals surface area (Å²) in [6, 6.07) is 11.7. The number of amides is 1. The van der Waals surface area contributed by atoms with Gasteiger partial charge < -0.3 is 14.7 Å². The molecule has 4 rings (SSSR count). The van der Waals surface area contributed by atoms with Crippen LogP contribution < -0.4 is 10.2 Å². The van der Waals surface area contributed by atoms with Crippen LogP contribution in [0, 0.1) is 0 Å². The fourth-order valence-corrected chi connectivity index (χ4v) is 3.54. The van der Waals surface area contributed by atoms with Crippen molar-refractivity contribution in [1.29, 1.82) is 0 Å². The maximum absolute atomic E-state index is 11.8. The highest BCUT2D eigenvalue weighted by atomic mass is 32.1. The van der Waals surface area contributed by atoms with E-state index in [2.05, 4.69) is 15.5 Å². The molecule has 1 aromatic carbocycles. The third-order valence-electron chi connectivity index (χ3n) is 4.19. The Morgan fingerprint density at radius 3 is 2.80 bits per heavy atom. The summed E-state index contributed by atoms with van der Waals surface area (Å²) >= 11 is 1.58. The van der Waals surface area contributed by atoms with Crippen LogP contribution in [0.3, 0.4) is 0 Å². The van der Waals surface area contributed by atoms with E-state index in [-0.39, 0.29) is 11.9 Å². The normalized spacial score (nSPS) is 15.6. The van der Waals surface area contributed by atoms with E-state index in [1.54, 1.807) is 11.3 Å². The molecule has 0 aliphatic carbocycles. The summed E-state index contributed by atoms with van der Waals surface area (Å²) in [4.78, 5) is 19.1. The van der Waals surface area contributed by atoms with E-state index in [1.165, 1.54) is 0 Å². The van der Waals surface area contributed by atoms with Crippen LogP contribution in [0.1, 0.15) is 31.7 Å². The van der Waals surface area contributed by atoms with Crippen molar-refractivity contribution in [2.24, 2.45) is 0 Å². The van der Waals surface area contributed by atoms with Crippen LogP contribution in [-0.4, -0.2) is 22.6 Å². The van der Waals surface area contributed by atoms with Gasteiger partial charge in [0.1, 0.15) is 6.04 Å². The lowest BCUT2D eigenvalue weighted by Crippen LogP contribution is -2.23. The van der Waals surface area contributed by atoms with E-state index in [1.807, 2.05) is 53.6 Å². The number of benzene rings is 1. The van der Waals surface area contributed by atoms with Crippen molar-refractivity contribution in [2.45, 2.75) is 25.8 Å². The molecule has 128 valence electrons. The van der Waals surface area contributed by atoms with E-state index >= 15 is 0 Å². The molecule has 1 aliphatic rings. The van der Waals surface area contributed by atoms with Gasteiger partial charge >= 0.3 is 0 Å². The number of carbonyl (C=O) groups is 1. The molecule has 25 heavy (non-hydrogen) atoms. The first-order valence-corrected chi connectivity index (χ1v) is 9.13. The molecular formula is C18H18N4O2S. The van der Waals surface area contributed by atoms with Gasteiger partial charge in [-0.2, -0.15) is 4.98 Å². The zero-order valence-corrected chi connectivity index (χ0v) is 14.6. The third kappa shape index (κ3) is 3.28. The maximum Gasteiger partial charge on any atom is 0.249 e. The molecule has 1 N–H and O–H groups in total. The molecule has 7 heteroatoms. The molecule has 0 radical (unpaired) electrons. The molecule has 1 atom stereocenters. The number of nitrogens with one attached hydrogen (secondary N) is 1. The molecular weight excluding hydrogens is 336 g/mol. The molecule has 6 nitrogen and oxygen atoms in total. The van der Waals surface area contributed by atoms with Crippen LogP contribution in [0.5, 0.6) is 0 Å². The largest absolute Gasteiger partial charge is 0.374 e. The Hall–Kier alpha value is -2.67. The van der Waals surface area contributed by atoms with Crippen molar-refractivity contribution < 1.29 is 9.32 Å². The van der Waals surface area contributed by atoms with Crippen molar-refractivity contribution in [3.05, 3.63) is 47.7 Å². The fourth-order valence-electron chi connectivity index (χ4n) is 2.89. The first-order valence-electron chi connectivity index (χ1n) is 8.25. The number of anilines is 2. The molecule has 1 fully saturated rings. The van der Waals surface area contributed by atoms with Gasteiger partial charge in [0.2, 0.25) is 17.6 Å². The molecule has 0 spiro atoms. The van der Waals surface area contributed by atoms with Gasteiger partial charge in [0.15, 0.2) is 0 Å².